The fourth-order valence-corrected chi connectivity index (χ4v) is 2.93. The van der Waals surface area contributed by atoms with E-state index in [1.165, 1.54) is 0 Å². The number of methoxy groups -OCH3 is 1. The molecule has 0 spiro atoms. The van der Waals surface area contributed by atoms with Gasteiger partial charge in [-0.15, -0.1) is 12.4 Å². The van der Waals surface area contributed by atoms with Crippen LogP contribution in [-0.4, -0.2) is 31.0 Å². The highest BCUT2D eigenvalue weighted by Crippen LogP contribution is 2.31. The van der Waals surface area contributed by atoms with Crippen molar-refractivity contribution in [2.24, 2.45) is 5.73 Å². The average molecular weight is 377 g/mol. The molecular weight excluding hydrogens is 348 g/mol. The van der Waals surface area contributed by atoms with Crippen LogP contribution in [0.3, 0.4) is 0 Å². The van der Waals surface area contributed by atoms with E-state index in [-0.39, 0.29) is 24.4 Å². The van der Waals surface area contributed by atoms with Gasteiger partial charge in [-0.05, 0) is 30.5 Å². The number of halogens is 1. The number of hydrogen-bond donors (Lipinski definition) is 1. The summed E-state index contributed by atoms with van der Waals surface area (Å²) in [5.74, 6) is 0.837. The molecule has 2 N–H and O–H groups in total. The Morgan fingerprint density at radius 2 is 1.77 bits per heavy atom. The Bertz CT molecular complexity index is 703. The largest absolute Gasteiger partial charge is 0.496 e. The molecule has 26 heavy (non-hydrogen) atoms. The Morgan fingerprint density at radius 1 is 1.15 bits per heavy atom. The van der Waals surface area contributed by atoms with Crippen LogP contribution in [0.15, 0.2) is 48.5 Å². The molecule has 1 amide bonds. The van der Waals surface area contributed by atoms with E-state index in [0.29, 0.717) is 6.42 Å². The van der Waals surface area contributed by atoms with Gasteiger partial charge in [-0.1, -0.05) is 55.8 Å². The summed E-state index contributed by atoms with van der Waals surface area (Å²) in [7, 11) is 3.49. The van der Waals surface area contributed by atoms with Gasteiger partial charge in [-0.25, -0.2) is 0 Å². The molecule has 2 atom stereocenters. The average Bonchev–Trinajstić information content (AvgIpc) is 2.66. The van der Waals surface area contributed by atoms with E-state index >= 15 is 0 Å². The van der Waals surface area contributed by atoms with Gasteiger partial charge in [0, 0.05) is 12.6 Å². The molecule has 0 fully saturated rings. The van der Waals surface area contributed by atoms with E-state index < -0.39 is 6.04 Å². The van der Waals surface area contributed by atoms with Gasteiger partial charge in [0.05, 0.1) is 19.2 Å². The first-order chi connectivity index (χ1) is 12.0. The third kappa shape index (κ3) is 4.99. The van der Waals surface area contributed by atoms with E-state index in [9.17, 15) is 4.79 Å². The summed E-state index contributed by atoms with van der Waals surface area (Å²) < 4.78 is 5.43. The number of amides is 1. The number of rotatable bonds is 7. The number of ether oxygens (including phenoxy) is 1. The SMILES string of the molecule is CCCC(N)C(=O)N(C)C(C)c1ccc(-c2ccccc2OC)cc1.Cl. The van der Waals surface area contributed by atoms with Crippen molar-refractivity contribution in [1.82, 2.24) is 4.90 Å². The van der Waals surface area contributed by atoms with Crippen molar-refractivity contribution in [3.05, 3.63) is 54.1 Å². The maximum absolute atomic E-state index is 12.4. The molecule has 0 bridgehead atoms. The Kier molecular flexibility index (Phi) is 8.62. The zero-order valence-electron chi connectivity index (χ0n) is 15.9. The van der Waals surface area contributed by atoms with Gasteiger partial charge < -0.3 is 15.4 Å². The quantitative estimate of drug-likeness (QED) is 0.777. The van der Waals surface area contributed by atoms with Crippen molar-refractivity contribution < 1.29 is 9.53 Å². The number of carbonyl (C=O) groups is 1. The van der Waals surface area contributed by atoms with Crippen molar-refractivity contribution in [3.8, 4) is 16.9 Å². The zero-order chi connectivity index (χ0) is 18.4. The summed E-state index contributed by atoms with van der Waals surface area (Å²) in [6.45, 7) is 4.06. The van der Waals surface area contributed by atoms with Crippen LogP contribution in [0.2, 0.25) is 0 Å². The zero-order valence-corrected chi connectivity index (χ0v) is 16.8. The molecule has 0 saturated heterocycles. The molecule has 2 aromatic carbocycles. The Morgan fingerprint density at radius 3 is 2.35 bits per heavy atom. The van der Waals surface area contributed by atoms with Crippen LogP contribution in [-0.2, 0) is 4.79 Å². The summed E-state index contributed by atoms with van der Waals surface area (Å²) >= 11 is 0. The third-order valence-corrected chi connectivity index (χ3v) is 4.66. The standard InChI is InChI=1S/C21H28N2O2.ClH/c1-5-8-19(22)21(24)23(3)15(2)16-11-13-17(14-12-16)18-9-6-7-10-20(18)25-4;/h6-7,9-15,19H,5,8,22H2,1-4H3;1H. The van der Waals surface area contributed by atoms with Gasteiger partial charge in [-0.3, -0.25) is 4.79 Å². The van der Waals surface area contributed by atoms with Gasteiger partial charge in [0.2, 0.25) is 5.91 Å². The number of nitrogens with two attached hydrogens (primary N) is 1. The Labute approximate surface area is 162 Å². The van der Waals surface area contributed by atoms with Gasteiger partial charge in [0.1, 0.15) is 5.75 Å². The van der Waals surface area contributed by atoms with E-state index in [1.807, 2.05) is 45.2 Å². The van der Waals surface area contributed by atoms with Crippen LogP contribution in [0.25, 0.3) is 11.1 Å². The molecule has 0 radical (unpaired) electrons. The molecule has 2 aromatic rings. The molecule has 142 valence electrons. The summed E-state index contributed by atoms with van der Waals surface area (Å²) in [5.41, 5.74) is 9.20. The highest BCUT2D eigenvalue weighted by molar-refractivity contribution is 5.85. The first-order valence-corrected chi connectivity index (χ1v) is 8.75. The topological polar surface area (TPSA) is 55.6 Å². The third-order valence-electron chi connectivity index (χ3n) is 4.66. The van der Waals surface area contributed by atoms with Crippen molar-refractivity contribution in [2.45, 2.75) is 38.8 Å². The molecule has 5 heteroatoms. The Balaban J connectivity index is 0.00000338. The van der Waals surface area contributed by atoms with E-state index in [0.717, 1.165) is 28.9 Å². The fourth-order valence-electron chi connectivity index (χ4n) is 2.93. The van der Waals surface area contributed by atoms with Crippen molar-refractivity contribution in [3.63, 3.8) is 0 Å². The van der Waals surface area contributed by atoms with Crippen LogP contribution in [0.4, 0.5) is 0 Å². The van der Waals surface area contributed by atoms with Crippen LogP contribution < -0.4 is 10.5 Å². The molecule has 0 aliphatic heterocycles. The highest BCUT2D eigenvalue weighted by Gasteiger charge is 2.22. The minimum Gasteiger partial charge on any atom is -0.496 e. The number of benzene rings is 2. The molecule has 2 unspecified atom stereocenters. The molecule has 0 saturated carbocycles. The summed E-state index contributed by atoms with van der Waals surface area (Å²) in [6.07, 6.45) is 1.62. The summed E-state index contributed by atoms with van der Waals surface area (Å²) in [4.78, 5) is 14.1. The normalized spacial score (nSPS) is 12.7. The first kappa shape index (κ1) is 22.0. The summed E-state index contributed by atoms with van der Waals surface area (Å²) in [6, 6.07) is 15.7. The highest BCUT2D eigenvalue weighted by atomic mass is 35.5. The van der Waals surface area contributed by atoms with Crippen LogP contribution >= 0.6 is 12.4 Å². The smallest absolute Gasteiger partial charge is 0.239 e. The second kappa shape index (κ2) is 10.2. The minimum absolute atomic E-state index is 0. The maximum atomic E-state index is 12.4. The minimum atomic E-state index is -0.426. The number of hydrogen-bond acceptors (Lipinski definition) is 3. The lowest BCUT2D eigenvalue weighted by Gasteiger charge is -2.28. The lowest BCUT2D eigenvalue weighted by molar-refractivity contribution is -0.133. The van der Waals surface area contributed by atoms with E-state index in [2.05, 4.69) is 24.3 Å². The van der Waals surface area contributed by atoms with Crippen LogP contribution in [0, 0.1) is 0 Å². The van der Waals surface area contributed by atoms with Gasteiger partial charge in [0.15, 0.2) is 0 Å². The number of likely N-dealkylation sites (N-methyl/N-ethyl adjacent to an activating group) is 1. The van der Waals surface area contributed by atoms with Crippen molar-refractivity contribution in [2.75, 3.05) is 14.2 Å². The molecular formula is C21H29ClN2O2. The monoisotopic (exact) mass is 376 g/mol. The second-order valence-electron chi connectivity index (χ2n) is 6.34. The second-order valence-corrected chi connectivity index (χ2v) is 6.34. The van der Waals surface area contributed by atoms with Crippen LogP contribution in [0.5, 0.6) is 5.75 Å². The van der Waals surface area contributed by atoms with Gasteiger partial charge in [-0.2, -0.15) is 0 Å². The molecule has 0 heterocycles. The lowest BCUT2D eigenvalue weighted by Crippen LogP contribution is -2.42. The molecule has 4 nitrogen and oxygen atoms in total. The predicted octanol–water partition coefficient (Wildman–Crippen LogP) is 4.43. The fraction of sp³-hybridized carbons (Fsp3) is 0.381. The van der Waals surface area contributed by atoms with E-state index in [4.69, 9.17) is 10.5 Å². The number of para-hydroxylation sites is 1. The van der Waals surface area contributed by atoms with Gasteiger partial charge >= 0.3 is 0 Å². The maximum Gasteiger partial charge on any atom is 0.239 e. The summed E-state index contributed by atoms with van der Waals surface area (Å²) in [5, 5.41) is 0. The molecule has 0 aliphatic carbocycles. The lowest BCUT2D eigenvalue weighted by atomic mass is 9.99. The Hall–Kier alpha value is -2.04. The first-order valence-electron chi connectivity index (χ1n) is 8.75. The molecule has 0 aromatic heterocycles. The van der Waals surface area contributed by atoms with Gasteiger partial charge in [0.25, 0.3) is 0 Å². The molecule has 0 aliphatic rings. The van der Waals surface area contributed by atoms with E-state index in [1.54, 1.807) is 12.0 Å². The molecule has 2 rings (SSSR count). The van der Waals surface area contributed by atoms with Crippen molar-refractivity contribution >= 4 is 18.3 Å². The predicted molar refractivity (Wildman–Crippen MR) is 110 cm³/mol. The van der Waals surface area contributed by atoms with Crippen molar-refractivity contribution in [1.29, 1.82) is 0 Å². The number of nitrogens with zero attached hydrogens (tertiary/aromatic N) is 1. The number of carbonyl (C=O) groups excluding carboxylic acids is 1. The van der Waals surface area contributed by atoms with Crippen LogP contribution in [0.1, 0.15) is 38.3 Å².